The predicted molar refractivity (Wildman–Crippen MR) is 118 cm³/mol. The third-order valence-electron chi connectivity index (χ3n) is 4.62. The number of hydrogen-bond acceptors (Lipinski definition) is 5. The topological polar surface area (TPSA) is 97.0 Å². The van der Waals surface area contributed by atoms with E-state index >= 15 is 0 Å². The Morgan fingerprint density at radius 1 is 0.839 bits per heavy atom. The molecule has 0 atom stereocenters. The highest BCUT2D eigenvalue weighted by molar-refractivity contribution is 6.22. The van der Waals surface area contributed by atoms with Gasteiger partial charge < -0.3 is 20.1 Å². The Morgan fingerprint density at radius 3 is 2.00 bits per heavy atom. The van der Waals surface area contributed by atoms with Crippen LogP contribution in [0.25, 0.3) is 0 Å². The highest BCUT2D eigenvalue weighted by atomic mass is 16.5. The van der Waals surface area contributed by atoms with Gasteiger partial charge in [0.1, 0.15) is 0 Å². The average Bonchev–Trinajstić information content (AvgIpc) is 2.94. The summed E-state index contributed by atoms with van der Waals surface area (Å²) in [6.45, 7) is 10.1. The molecule has 3 rings (SSSR count). The normalized spacial score (nSPS) is 13.1. The van der Waals surface area contributed by atoms with E-state index < -0.39 is 11.6 Å². The van der Waals surface area contributed by atoms with Crippen molar-refractivity contribution in [2.75, 3.05) is 23.8 Å². The number of amides is 4. The van der Waals surface area contributed by atoms with E-state index in [0.717, 1.165) is 0 Å². The summed E-state index contributed by atoms with van der Waals surface area (Å²) in [4.78, 5) is 39.0. The molecule has 0 aromatic heterocycles. The van der Waals surface area contributed by atoms with Crippen molar-refractivity contribution in [2.24, 2.45) is 0 Å². The minimum absolute atomic E-state index is 0.275. The van der Waals surface area contributed by atoms with Crippen molar-refractivity contribution in [3.8, 4) is 11.5 Å². The van der Waals surface area contributed by atoms with Crippen LogP contribution in [0.3, 0.4) is 0 Å². The molecule has 8 heteroatoms. The molecule has 0 unspecified atom stereocenters. The van der Waals surface area contributed by atoms with Gasteiger partial charge in [0.2, 0.25) is 0 Å². The summed E-state index contributed by atoms with van der Waals surface area (Å²) < 4.78 is 11.1. The number of nitrogens with zero attached hydrogens (tertiary/aromatic N) is 1. The molecule has 164 valence electrons. The summed E-state index contributed by atoms with van der Waals surface area (Å²) in [5.74, 6) is 0.428. The van der Waals surface area contributed by atoms with Crippen LogP contribution < -0.4 is 20.1 Å². The summed E-state index contributed by atoms with van der Waals surface area (Å²) in [5.41, 5.74) is 0.903. The van der Waals surface area contributed by atoms with Gasteiger partial charge >= 0.3 is 6.03 Å². The number of rotatable bonds is 6. The minimum Gasteiger partial charge on any atom is -0.490 e. The van der Waals surface area contributed by atoms with E-state index in [0.29, 0.717) is 41.7 Å². The van der Waals surface area contributed by atoms with Gasteiger partial charge in [0.25, 0.3) is 11.8 Å². The molecule has 0 fully saturated rings. The summed E-state index contributed by atoms with van der Waals surface area (Å²) in [6.07, 6.45) is 0. The smallest absolute Gasteiger partial charge is 0.323 e. The number of carbonyl (C=O) groups excluding carboxylic acids is 3. The van der Waals surface area contributed by atoms with E-state index in [-0.39, 0.29) is 17.4 Å². The van der Waals surface area contributed by atoms with E-state index in [1.165, 1.54) is 11.0 Å². The summed E-state index contributed by atoms with van der Waals surface area (Å²) >= 11 is 0. The molecule has 4 amide bonds. The number of fused-ring (bicyclic) bond motifs is 1. The fourth-order valence-electron chi connectivity index (χ4n) is 3.35. The van der Waals surface area contributed by atoms with Crippen LogP contribution >= 0.6 is 0 Å². The van der Waals surface area contributed by atoms with Gasteiger partial charge in [0.15, 0.2) is 11.5 Å². The lowest BCUT2D eigenvalue weighted by atomic mass is 10.1. The molecule has 31 heavy (non-hydrogen) atoms. The van der Waals surface area contributed by atoms with Crippen molar-refractivity contribution in [2.45, 2.75) is 40.2 Å². The van der Waals surface area contributed by atoms with Gasteiger partial charge in [0.05, 0.1) is 24.3 Å². The second kappa shape index (κ2) is 8.67. The van der Waals surface area contributed by atoms with Gasteiger partial charge in [0, 0.05) is 23.0 Å². The zero-order valence-corrected chi connectivity index (χ0v) is 18.4. The second-order valence-electron chi connectivity index (χ2n) is 7.98. The first kappa shape index (κ1) is 22.1. The van der Waals surface area contributed by atoms with Crippen LogP contribution in [0.5, 0.6) is 11.5 Å². The van der Waals surface area contributed by atoms with Crippen LogP contribution in [-0.4, -0.2) is 41.5 Å². The molecule has 0 radical (unpaired) electrons. The van der Waals surface area contributed by atoms with Crippen molar-refractivity contribution in [1.29, 1.82) is 0 Å². The van der Waals surface area contributed by atoms with E-state index in [9.17, 15) is 14.4 Å². The van der Waals surface area contributed by atoms with Crippen LogP contribution in [0.1, 0.15) is 55.3 Å². The Balaban J connectivity index is 1.74. The summed E-state index contributed by atoms with van der Waals surface area (Å²) in [6, 6.07) is 9.30. The van der Waals surface area contributed by atoms with Crippen LogP contribution in [0.15, 0.2) is 36.4 Å². The molecule has 8 nitrogen and oxygen atoms in total. The van der Waals surface area contributed by atoms with Crippen molar-refractivity contribution < 1.29 is 23.9 Å². The molecule has 1 aliphatic heterocycles. The van der Waals surface area contributed by atoms with Crippen LogP contribution in [0, 0.1) is 0 Å². The molecule has 0 saturated carbocycles. The molecular formula is C23H27N3O5. The molecule has 0 spiro atoms. The lowest BCUT2D eigenvalue weighted by molar-refractivity contribution is 0.0507. The van der Waals surface area contributed by atoms with E-state index in [4.69, 9.17) is 9.47 Å². The zero-order chi connectivity index (χ0) is 22.8. The largest absolute Gasteiger partial charge is 0.490 e. The van der Waals surface area contributed by atoms with Crippen LogP contribution in [-0.2, 0) is 0 Å². The number of benzene rings is 2. The number of hydrogen-bond donors (Lipinski definition) is 2. The first-order valence-corrected chi connectivity index (χ1v) is 10.2. The Morgan fingerprint density at radius 2 is 1.39 bits per heavy atom. The van der Waals surface area contributed by atoms with Gasteiger partial charge in [-0.3, -0.25) is 14.5 Å². The molecule has 2 aromatic rings. The van der Waals surface area contributed by atoms with Crippen molar-refractivity contribution in [3.05, 3.63) is 47.5 Å². The Hall–Kier alpha value is -3.55. The van der Waals surface area contributed by atoms with Gasteiger partial charge in [-0.25, -0.2) is 4.79 Å². The number of carbonyl (C=O) groups is 3. The standard InChI is InChI=1S/C23H27N3O5/c1-6-30-18-11-9-15(13-19(18)31-7-2)25-22(29)24-14-8-10-16-17(12-14)21(28)26(20(16)27)23(3,4)5/h8-13H,6-7H2,1-5H3,(H2,24,25,29). The molecule has 0 bridgehead atoms. The van der Waals surface area contributed by atoms with Crippen LogP contribution in [0.2, 0.25) is 0 Å². The first-order chi connectivity index (χ1) is 14.7. The van der Waals surface area contributed by atoms with E-state index in [2.05, 4.69) is 10.6 Å². The molecule has 2 aromatic carbocycles. The fraction of sp³-hybridized carbons (Fsp3) is 0.348. The Bertz CT molecular complexity index is 1030. The quantitative estimate of drug-likeness (QED) is 0.663. The van der Waals surface area contributed by atoms with Crippen LogP contribution in [0.4, 0.5) is 16.2 Å². The number of anilines is 2. The molecule has 1 aliphatic rings. The summed E-state index contributed by atoms with van der Waals surface area (Å²) in [5, 5.41) is 5.43. The molecule has 0 aliphatic carbocycles. The second-order valence-corrected chi connectivity index (χ2v) is 7.98. The van der Waals surface area contributed by atoms with Gasteiger partial charge in [-0.2, -0.15) is 0 Å². The maximum absolute atomic E-state index is 12.7. The fourth-order valence-corrected chi connectivity index (χ4v) is 3.35. The van der Waals surface area contributed by atoms with Crippen molar-refractivity contribution >= 4 is 29.2 Å². The average molecular weight is 425 g/mol. The molecular weight excluding hydrogens is 398 g/mol. The SMILES string of the molecule is CCOc1ccc(NC(=O)Nc2ccc3c(c2)C(=O)N(C(C)(C)C)C3=O)cc1OCC. The number of ether oxygens (including phenoxy) is 2. The Kier molecular flexibility index (Phi) is 6.19. The zero-order valence-electron chi connectivity index (χ0n) is 18.4. The summed E-state index contributed by atoms with van der Waals surface area (Å²) in [7, 11) is 0. The highest BCUT2D eigenvalue weighted by Crippen LogP contribution is 2.32. The number of nitrogens with one attached hydrogen (secondary N) is 2. The maximum Gasteiger partial charge on any atom is 0.323 e. The maximum atomic E-state index is 12.7. The molecule has 1 heterocycles. The van der Waals surface area contributed by atoms with Crippen molar-refractivity contribution in [1.82, 2.24) is 4.90 Å². The molecule has 2 N–H and O–H groups in total. The Labute approximate surface area is 181 Å². The van der Waals surface area contributed by atoms with Gasteiger partial charge in [-0.1, -0.05) is 0 Å². The lowest BCUT2D eigenvalue weighted by Gasteiger charge is -2.29. The van der Waals surface area contributed by atoms with Gasteiger partial charge in [-0.05, 0) is 65.0 Å². The predicted octanol–water partition coefficient (Wildman–Crippen LogP) is 4.52. The number of imide groups is 1. The monoisotopic (exact) mass is 425 g/mol. The third-order valence-corrected chi connectivity index (χ3v) is 4.62. The van der Waals surface area contributed by atoms with Crippen molar-refractivity contribution in [3.63, 3.8) is 0 Å². The lowest BCUT2D eigenvalue weighted by Crippen LogP contribution is -2.45. The van der Waals surface area contributed by atoms with Gasteiger partial charge in [-0.15, -0.1) is 0 Å². The molecule has 0 saturated heterocycles. The third kappa shape index (κ3) is 4.63. The van der Waals surface area contributed by atoms with E-state index in [1.54, 1.807) is 51.1 Å². The number of urea groups is 1. The van der Waals surface area contributed by atoms with E-state index in [1.807, 2.05) is 13.8 Å². The first-order valence-electron chi connectivity index (χ1n) is 10.2. The minimum atomic E-state index is -0.635. The highest BCUT2D eigenvalue weighted by Gasteiger charge is 2.41.